The Balaban J connectivity index is 0.000000325. The minimum absolute atomic E-state index is 0.0569. The van der Waals surface area contributed by atoms with Crippen LogP contribution in [0.25, 0.3) is 0 Å². The maximum absolute atomic E-state index is 10.7. The smallest absolute Gasteiger partial charge is 0.475 e. The molecule has 1 heterocycles. The number of halogens is 3. The molecular weight excluding hydrogens is 247 g/mol. The first-order valence-electron chi connectivity index (χ1n) is 4.48. The summed E-state index contributed by atoms with van der Waals surface area (Å²) in [5.74, 6) is -3.11. The van der Waals surface area contributed by atoms with Gasteiger partial charge in [-0.2, -0.15) is 13.2 Å². The van der Waals surface area contributed by atoms with Crippen LogP contribution in [-0.2, 0) is 19.1 Å². The van der Waals surface area contributed by atoms with Gasteiger partial charge in [-0.15, -0.1) is 0 Å². The Morgan fingerprint density at radius 1 is 1.47 bits per heavy atom. The van der Waals surface area contributed by atoms with E-state index in [9.17, 15) is 18.0 Å². The summed E-state index contributed by atoms with van der Waals surface area (Å²) in [6, 6.07) is -0.527. The van der Waals surface area contributed by atoms with Crippen LogP contribution in [0.4, 0.5) is 13.2 Å². The van der Waals surface area contributed by atoms with Crippen LogP contribution in [0.5, 0.6) is 0 Å². The summed E-state index contributed by atoms with van der Waals surface area (Å²) >= 11 is 0. The summed E-state index contributed by atoms with van der Waals surface area (Å²) in [6.07, 6.45) is -5.14. The van der Waals surface area contributed by atoms with Crippen LogP contribution in [0.2, 0.25) is 0 Å². The van der Waals surface area contributed by atoms with Crippen molar-refractivity contribution in [1.82, 2.24) is 0 Å². The van der Waals surface area contributed by atoms with Crippen molar-refractivity contribution in [3.63, 3.8) is 0 Å². The monoisotopic (exact) mass is 259 g/mol. The molecule has 0 aliphatic carbocycles. The van der Waals surface area contributed by atoms with Gasteiger partial charge in [0.25, 0.3) is 0 Å². The van der Waals surface area contributed by atoms with E-state index in [-0.39, 0.29) is 12.1 Å². The Labute approximate surface area is 94.5 Å². The van der Waals surface area contributed by atoms with Gasteiger partial charge in [0, 0.05) is 0 Å². The van der Waals surface area contributed by atoms with Crippen LogP contribution in [0.1, 0.15) is 6.92 Å². The van der Waals surface area contributed by atoms with Crippen molar-refractivity contribution in [3.8, 4) is 0 Å². The molecule has 0 amide bonds. The van der Waals surface area contributed by atoms with Crippen molar-refractivity contribution in [2.75, 3.05) is 13.2 Å². The van der Waals surface area contributed by atoms with Crippen LogP contribution in [0.15, 0.2) is 0 Å². The molecule has 3 N–H and O–H groups in total. The van der Waals surface area contributed by atoms with E-state index < -0.39 is 18.2 Å². The second-order valence-corrected chi connectivity index (χ2v) is 3.19. The summed E-state index contributed by atoms with van der Waals surface area (Å²) in [5.41, 5.74) is 5.25. The van der Waals surface area contributed by atoms with Gasteiger partial charge in [0.05, 0.1) is 13.2 Å². The fraction of sp³-hybridized carbons (Fsp3) is 0.750. The maximum atomic E-state index is 10.7. The quantitative estimate of drug-likeness (QED) is 0.672. The Morgan fingerprint density at radius 2 is 1.88 bits per heavy atom. The highest BCUT2D eigenvalue weighted by molar-refractivity contribution is 5.75. The topological polar surface area (TPSA) is 98.9 Å². The lowest BCUT2D eigenvalue weighted by Crippen LogP contribution is -2.41. The maximum Gasteiger partial charge on any atom is 0.490 e. The van der Waals surface area contributed by atoms with Gasteiger partial charge in [0.15, 0.2) is 0 Å². The zero-order chi connectivity index (χ0) is 13.6. The molecule has 6 nitrogen and oxygen atoms in total. The highest BCUT2D eigenvalue weighted by Gasteiger charge is 2.38. The standard InChI is InChI=1S/C6H11NO3.C2HF3O2/c1-4(7)6(8)10-5-2-9-3-5;3-2(4,5)1(6)7/h4-5H,2-3,7H2,1H3;(H,6,7)/t4-;/m0./s1. The number of carbonyl (C=O) groups excluding carboxylic acids is 1. The molecule has 1 atom stereocenters. The lowest BCUT2D eigenvalue weighted by molar-refractivity contribution is -0.192. The summed E-state index contributed by atoms with van der Waals surface area (Å²) < 4.78 is 41.4. The van der Waals surface area contributed by atoms with Gasteiger partial charge in [-0.05, 0) is 6.92 Å². The van der Waals surface area contributed by atoms with Gasteiger partial charge >= 0.3 is 18.1 Å². The molecule has 1 aliphatic rings. The molecule has 0 spiro atoms. The molecule has 1 saturated heterocycles. The molecule has 0 aromatic heterocycles. The number of esters is 1. The lowest BCUT2D eigenvalue weighted by atomic mass is 10.3. The van der Waals surface area contributed by atoms with E-state index in [1.165, 1.54) is 0 Å². The number of hydrogen-bond acceptors (Lipinski definition) is 5. The Morgan fingerprint density at radius 3 is 2.06 bits per heavy atom. The molecule has 1 fully saturated rings. The predicted octanol–water partition coefficient (Wildman–Crippen LogP) is -0.0911. The number of aliphatic carboxylic acids is 1. The number of carboxylic acids is 1. The molecular formula is C8H12F3NO5. The van der Waals surface area contributed by atoms with Gasteiger partial charge < -0.3 is 20.3 Å². The third-order valence-electron chi connectivity index (χ3n) is 1.50. The van der Waals surface area contributed by atoms with Crippen molar-refractivity contribution in [1.29, 1.82) is 0 Å². The normalized spacial score (nSPS) is 17.2. The van der Waals surface area contributed by atoms with Crippen LogP contribution >= 0.6 is 0 Å². The fourth-order valence-electron chi connectivity index (χ4n) is 0.554. The molecule has 0 bridgehead atoms. The van der Waals surface area contributed by atoms with Crippen LogP contribution in [0, 0.1) is 0 Å². The van der Waals surface area contributed by atoms with E-state index in [0.29, 0.717) is 13.2 Å². The number of carbonyl (C=O) groups is 2. The average Bonchev–Trinajstić information content (AvgIpc) is 2.10. The Bertz CT molecular complexity index is 275. The summed E-state index contributed by atoms with van der Waals surface area (Å²) in [4.78, 5) is 19.6. The van der Waals surface area contributed by atoms with E-state index in [2.05, 4.69) is 0 Å². The van der Waals surface area contributed by atoms with E-state index in [1.54, 1.807) is 6.92 Å². The minimum Gasteiger partial charge on any atom is -0.475 e. The number of carboxylic acid groups (broad SMARTS) is 1. The Kier molecular flexibility index (Phi) is 5.89. The summed E-state index contributed by atoms with van der Waals surface area (Å²) in [7, 11) is 0. The SMILES string of the molecule is C[C@H](N)C(=O)OC1COC1.O=C(O)C(F)(F)F. The molecule has 1 aliphatic heterocycles. The largest absolute Gasteiger partial charge is 0.490 e. The molecule has 17 heavy (non-hydrogen) atoms. The predicted molar refractivity (Wildman–Crippen MR) is 48.0 cm³/mol. The van der Waals surface area contributed by atoms with Crippen LogP contribution < -0.4 is 5.73 Å². The number of alkyl halides is 3. The lowest BCUT2D eigenvalue weighted by Gasteiger charge is -2.26. The van der Waals surface area contributed by atoms with Crippen LogP contribution in [-0.4, -0.2) is 48.6 Å². The first-order valence-corrected chi connectivity index (χ1v) is 4.48. The first kappa shape index (κ1) is 15.7. The highest BCUT2D eigenvalue weighted by Crippen LogP contribution is 2.13. The molecule has 9 heteroatoms. The number of ether oxygens (including phenoxy) is 2. The highest BCUT2D eigenvalue weighted by atomic mass is 19.4. The molecule has 100 valence electrons. The van der Waals surface area contributed by atoms with Crippen LogP contribution in [0.3, 0.4) is 0 Å². The first-order chi connectivity index (χ1) is 7.64. The van der Waals surface area contributed by atoms with E-state index in [0.717, 1.165) is 0 Å². The average molecular weight is 259 g/mol. The van der Waals surface area contributed by atoms with Crippen molar-refractivity contribution < 1.29 is 37.3 Å². The number of hydrogen-bond donors (Lipinski definition) is 2. The number of rotatable bonds is 2. The zero-order valence-electron chi connectivity index (χ0n) is 8.86. The molecule has 0 aromatic carbocycles. The molecule has 0 radical (unpaired) electrons. The van der Waals surface area contributed by atoms with Gasteiger partial charge in [-0.1, -0.05) is 0 Å². The fourth-order valence-corrected chi connectivity index (χ4v) is 0.554. The Hall–Kier alpha value is -1.35. The second kappa shape index (κ2) is 6.40. The van der Waals surface area contributed by atoms with E-state index in [4.69, 9.17) is 25.1 Å². The number of nitrogens with two attached hydrogens (primary N) is 1. The minimum atomic E-state index is -5.08. The van der Waals surface area contributed by atoms with Crippen molar-refractivity contribution in [2.24, 2.45) is 5.73 Å². The second-order valence-electron chi connectivity index (χ2n) is 3.19. The molecule has 1 rings (SSSR count). The summed E-state index contributed by atoms with van der Waals surface area (Å²) in [5, 5.41) is 7.12. The van der Waals surface area contributed by atoms with E-state index >= 15 is 0 Å². The van der Waals surface area contributed by atoms with Crippen molar-refractivity contribution in [3.05, 3.63) is 0 Å². The van der Waals surface area contributed by atoms with Gasteiger partial charge in [-0.25, -0.2) is 4.79 Å². The van der Waals surface area contributed by atoms with Gasteiger partial charge in [0.2, 0.25) is 0 Å². The van der Waals surface area contributed by atoms with Crippen molar-refractivity contribution in [2.45, 2.75) is 25.2 Å². The molecule has 0 saturated carbocycles. The third kappa shape index (κ3) is 6.74. The summed E-state index contributed by atoms with van der Waals surface area (Å²) in [6.45, 7) is 2.62. The van der Waals surface area contributed by atoms with Gasteiger partial charge in [0.1, 0.15) is 12.1 Å². The van der Waals surface area contributed by atoms with Gasteiger partial charge in [-0.3, -0.25) is 4.79 Å². The zero-order valence-corrected chi connectivity index (χ0v) is 8.86. The molecule has 0 unspecified atom stereocenters. The third-order valence-corrected chi connectivity index (χ3v) is 1.50. The van der Waals surface area contributed by atoms with Crippen molar-refractivity contribution >= 4 is 11.9 Å². The van der Waals surface area contributed by atoms with E-state index in [1.807, 2.05) is 0 Å². The molecule has 0 aromatic rings.